The van der Waals surface area contributed by atoms with Gasteiger partial charge >= 0.3 is 5.97 Å². The number of benzene rings is 1. The highest BCUT2D eigenvalue weighted by molar-refractivity contribution is 6.32. The Bertz CT molecular complexity index is 712. The average molecular weight is 336 g/mol. The van der Waals surface area contributed by atoms with Gasteiger partial charge in [0.25, 0.3) is 0 Å². The standard InChI is InChI=1S/C16H18ClN3O3/c1-11-13(16(22)23-9-5-8-18-12(2)21)10-19-20(11)15-7-4-3-6-14(15)17/h3-4,6-7,10H,5,8-9H2,1-2H3,(H,18,21). The van der Waals surface area contributed by atoms with Crippen molar-refractivity contribution in [2.45, 2.75) is 20.3 Å². The first-order valence-electron chi connectivity index (χ1n) is 7.22. The number of nitrogens with one attached hydrogen (secondary N) is 1. The first-order chi connectivity index (χ1) is 11.0. The fourth-order valence-electron chi connectivity index (χ4n) is 2.06. The van der Waals surface area contributed by atoms with Crippen LogP contribution in [0, 0.1) is 6.92 Å². The van der Waals surface area contributed by atoms with Crippen LogP contribution >= 0.6 is 11.6 Å². The molecule has 0 aliphatic rings. The molecule has 0 radical (unpaired) electrons. The number of hydrogen-bond acceptors (Lipinski definition) is 4. The number of aromatic nitrogens is 2. The first-order valence-corrected chi connectivity index (χ1v) is 7.59. The number of hydrogen-bond donors (Lipinski definition) is 1. The van der Waals surface area contributed by atoms with Crippen LogP contribution in [0.1, 0.15) is 29.4 Å². The number of amides is 1. The Labute approximate surface area is 139 Å². The smallest absolute Gasteiger partial charge is 0.341 e. The molecular formula is C16H18ClN3O3. The largest absolute Gasteiger partial charge is 0.462 e. The molecule has 2 aromatic rings. The molecule has 6 nitrogen and oxygen atoms in total. The van der Waals surface area contributed by atoms with Gasteiger partial charge in [-0.15, -0.1) is 0 Å². The van der Waals surface area contributed by atoms with Gasteiger partial charge in [0.05, 0.1) is 29.2 Å². The molecule has 0 aliphatic carbocycles. The Morgan fingerprint density at radius 3 is 2.78 bits per heavy atom. The van der Waals surface area contributed by atoms with E-state index in [2.05, 4.69) is 10.4 Å². The van der Waals surface area contributed by atoms with E-state index in [1.165, 1.54) is 13.1 Å². The number of carbonyl (C=O) groups is 2. The molecule has 1 N–H and O–H groups in total. The summed E-state index contributed by atoms with van der Waals surface area (Å²) in [5.41, 5.74) is 1.76. The normalized spacial score (nSPS) is 10.4. The SMILES string of the molecule is CC(=O)NCCCOC(=O)c1cnn(-c2ccccc2Cl)c1C. The maximum absolute atomic E-state index is 12.1. The monoisotopic (exact) mass is 335 g/mol. The first kappa shape index (κ1) is 17.0. The summed E-state index contributed by atoms with van der Waals surface area (Å²) < 4.78 is 6.80. The molecule has 2 rings (SSSR count). The lowest BCUT2D eigenvalue weighted by Gasteiger charge is -2.08. The highest BCUT2D eigenvalue weighted by Gasteiger charge is 2.17. The van der Waals surface area contributed by atoms with Crippen molar-refractivity contribution in [1.29, 1.82) is 0 Å². The van der Waals surface area contributed by atoms with Crippen molar-refractivity contribution in [3.63, 3.8) is 0 Å². The van der Waals surface area contributed by atoms with Gasteiger partial charge < -0.3 is 10.1 Å². The van der Waals surface area contributed by atoms with E-state index in [1.54, 1.807) is 17.7 Å². The van der Waals surface area contributed by atoms with E-state index < -0.39 is 5.97 Å². The van der Waals surface area contributed by atoms with Crippen molar-refractivity contribution in [2.75, 3.05) is 13.2 Å². The molecule has 0 saturated carbocycles. The summed E-state index contributed by atoms with van der Waals surface area (Å²) in [7, 11) is 0. The Morgan fingerprint density at radius 1 is 1.35 bits per heavy atom. The van der Waals surface area contributed by atoms with E-state index >= 15 is 0 Å². The molecule has 0 saturated heterocycles. The second-order valence-electron chi connectivity index (χ2n) is 4.98. The Balaban J connectivity index is 2.00. The maximum atomic E-state index is 12.1. The highest BCUT2D eigenvalue weighted by atomic mass is 35.5. The maximum Gasteiger partial charge on any atom is 0.341 e. The van der Waals surface area contributed by atoms with Crippen molar-refractivity contribution >= 4 is 23.5 Å². The van der Waals surface area contributed by atoms with Gasteiger partial charge in [-0.1, -0.05) is 23.7 Å². The summed E-state index contributed by atoms with van der Waals surface area (Å²) in [6, 6.07) is 7.26. The number of ether oxygens (including phenoxy) is 1. The van der Waals surface area contributed by atoms with Crippen LogP contribution in [0.5, 0.6) is 0 Å². The summed E-state index contributed by atoms with van der Waals surface area (Å²) in [5.74, 6) is -0.545. The predicted octanol–water partition coefficient (Wildman–Crippen LogP) is 2.52. The fraction of sp³-hybridized carbons (Fsp3) is 0.312. The van der Waals surface area contributed by atoms with E-state index in [0.29, 0.717) is 34.9 Å². The Hall–Kier alpha value is -2.34. The van der Waals surface area contributed by atoms with E-state index in [9.17, 15) is 9.59 Å². The van der Waals surface area contributed by atoms with Crippen LogP contribution in [-0.2, 0) is 9.53 Å². The number of esters is 1. The summed E-state index contributed by atoms with van der Waals surface area (Å²) >= 11 is 6.15. The summed E-state index contributed by atoms with van der Waals surface area (Å²) in [4.78, 5) is 22.8. The minimum absolute atomic E-state index is 0.104. The highest BCUT2D eigenvalue weighted by Crippen LogP contribution is 2.22. The zero-order chi connectivity index (χ0) is 16.8. The molecule has 0 fully saturated rings. The summed E-state index contributed by atoms with van der Waals surface area (Å²) in [6.45, 7) is 3.93. The topological polar surface area (TPSA) is 73.2 Å². The lowest BCUT2D eigenvalue weighted by molar-refractivity contribution is -0.118. The van der Waals surface area contributed by atoms with Gasteiger partial charge in [0.1, 0.15) is 5.56 Å². The predicted molar refractivity (Wildman–Crippen MR) is 86.9 cm³/mol. The molecule has 1 aromatic carbocycles. The number of para-hydroxylation sites is 1. The number of carbonyl (C=O) groups excluding carboxylic acids is 2. The molecule has 0 unspecified atom stereocenters. The van der Waals surface area contributed by atoms with Crippen LogP contribution < -0.4 is 5.32 Å². The zero-order valence-electron chi connectivity index (χ0n) is 13.0. The van der Waals surface area contributed by atoms with Crippen LogP contribution in [0.2, 0.25) is 5.02 Å². The fourth-order valence-corrected chi connectivity index (χ4v) is 2.27. The van der Waals surface area contributed by atoms with E-state index in [0.717, 1.165) is 0 Å². The average Bonchev–Trinajstić information content (AvgIpc) is 2.88. The summed E-state index contributed by atoms with van der Waals surface area (Å²) in [6.07, 6.45) is 2.03. The van der Waals surface area contributed by atoms with Crippen molar-refractivity contribution < 1.29 is 14.3 Å². The molecule has 0 aliphatic heterocycles. The second-order valence-corrected chi connectivity index (χ2v) is 5.39. The molecule has 1 amide bonds. The van der Waals surface area contributed by atoms with E-state index in [4.69, 9.17) is 16.3 Å². The third-order valence-corrected chi connectivity index (χ3v) is 3.56. The van der Waals surface area contributed by atoms with Gasteiger partial charge in [0.15, 0.2) is 0 Å². The van der Waals surface area contributed by atoms with Crippen molar-refractivity contribution in [1.82, 2.24) is 15.1 Å². The third kappa shape index (κ3) is 4.32. The van der Waals surface area contributed by atoms with Gasteiger partial charge in [-0.2, -0.15) is 5.10 Å². The van der Waals surface area contributed by atoms with E-state index in [1.807, 2.05) is 18.2 Å². The van der Waals surface area contributed by atoms with Gasteiger partial charge in [-0.3, -0.25) is 4.79 Å². The minimum Gasteiger partial charge on any atom is -0.462 e. The lowest BCUT2D eigenvalue weighted by atomic mass is 10.2. The van der Waals surface area contributed by atoms with Gasteiger partial charge in [0, 0.05) is 13.5 Å². The molecule has 122 valence electrons. The van der Waals surface area contributed by atoms with Crippen LogP contribution in [0.15, 0.2) is 30.5 Å². The molecule has 1 aromatic heterocycles. The lowest BCUT2D eigenvalue weighted by Crippen LogP contribution is -2.22. The molecular weight excluding hydrogens is 318 g/mol. The number of rotatable bonds is 6. The molecule has 0 spiro atoms. The molecule has 23 heavy (non-hydrogen) atoms. The van der Waals surface area contributed by atoms with Crippen LogP contribution in [0.3, 0.4) is 0 Å². The number of halogens is 1. The molecule has 0 bridgehead atoms. The Kier molecular flexibility index (Phi) is 5.76. The van der Waals surface area contributed by atoms with Crippen LogP contribution in [0.4, 0.5) is 0 Å². The molecule has 7 heteroatoms. The van der Waals surface area contributed by atoms with Crippen molar-refractivity contribution in [3.05, 3.63) is 46.7 Å². The summed E-state index contributed by atoms with van der Waals surface area (Å²) in [5, 5.41) is 7.40. The quantitative estimate of drug-likeness (QED) is 0.650. The van der Waals surface area contributed by atoms with Crippen molar-refractivity contribution in [2.24, 2.45) is 0 Å². The molecule has 1 heterocycles. The van der Waals surface area contributed by atoms with Crippen LogP contribution in [-0.4, -0.2) is 34.8 Å². The van der Waals surface area contributed by atoms with Crippen molar-refractivity contribution in [3.8, 4) is 5.69 Å². The Morgan fingerprint density at radius 2 is 2.09 bits per heavy atom. The molecule has 0 atom stereocenters. The minimum atomic E-state index is -0.441. The van der Waals surface area contributed by atoms with Gasteiger partial charge in [-0.05, 0) is 25.5 Å². The van der Waals surface area contributed by atoms with Crippen LogP contribution in [0.25, 0.3) is 5.69 Å². The van der Waals surface area contributed by atoms with Gasteiger partial charge in [0.2, 0.25) is 5.91 Å². The second kappa shape index (κ2) is 7.78. The third-order valence-electron chi connectivity index (χ3n) is 3.24. The number of nitrogens with zero attached hydrogens (tertiary/aromatic N) is 2. The van der Waals surface area contributed by atoms with Gasteiger partial charge in [-0.25, -0.2) is 9.48 Å². The zero-order valence-corrected chi connectivity index (χ0v) is 13.8. The van der Waals surface area contributed by atoms with E-state index in [-0.39, 0.29) is 12.5 Å².